The van der Waals surface area contributed by atoms with Crippen LogP contribution in [0.5, 0.6) is 17.2 Å². The summed E-state index contributed by atoms with van der Waals surface area (Å²) >= 11 is 3.72. The van der Waals surface area contributed by atoms with Crippen molar-refractivity contribution in [2.45, 2.75) is 65.2 Å². The number of hydrogen-bond acceptors (Lipinski definition) is 7. The Morgan fingerprint density at radius 1 is 1.07 bits per heavy atom. The number of allylic oxidation sites excluding steroid dienone is 3. The number of hydrogen-bond donors (Lipinski definition) is 1. The van der Waals surface area contributed by atoms with Crippen molar-refractivity contribution in [3.63, 3.8) is 0 Å². The first-order chi connectivity index (χ1) is 20.9. The standard InChI is InChI=1S/C35H36BrN3O4/c1-4-9-23-15-30-34(31(40)16-23)33(28(19-37)22(3)39-30)25-17-29(36)35(32(18-25)41-5-2)43-20-24-10-8-12-27(14-24)42-21-26-11-6-7-13-38-26/h6-8,10-15,17-18,22,28,33,39H,4-5,9,16,20-21H2,1-3H3. The molecule has 3 unspecified atom stereocenters. The van der Waals surface area contributed by atoms with Crippen molar-refractivity contribution in [1.82, 2.24) is 10.3 Å². The summed E-state index contributed by atoms with van der Waals surface area (Å²) in [4.78, 5) is 17.8. The van der Waals surface area contributed by atoms with Gasteiger partial charge in [0.1, 0.15) is 19.0 Å². The van der Waals surface area contributed by atoms with Gasteiger partial charge in [-0.05, 0) is 89.8 Å². The smallest absolute Gasteiger partial charge is 0.175 e. The van der Waals surface area contributed by atoms with Gasteiger partial charge in [0.25, 0.3) is 0 Å². The highest BCUT2D eigenvalue weighted by Crippen LogP contribution is 2.47. The van der Waals surface area contributed by atoms with Gasteiger partial charge in [-0.25, -0.2) is 0 Å². The first-order valence-corrected chi connectivity index (χ1v) is 15.5. The number of halogens is 1. The number of carbonyl (C=O) groups excluding carboxylic acids is 1. The molecule has 0 radical (unpaired) electrons. The summed E-state index contributed by atoms with van der Waals surface area (Å²) in [5.74, 6) is 1.11. The van der Waals surface area contributed by atoms with Crippen LogP contribution in [-0.4, -0.2) is 23.4 Å². The van der Waals surface area contributed by atoms with E-state index in [0.29, 0.717) is 47.8 Å². The third-order valence-electron chi connectivity index (χ3n) is 7.72. The Kier molecular flexibility index (Phi) is 9.83. The van der Waals surface area contributed by atoms with Crippen LogP contribution in [0.15, 0.2) is 88.2 Å². The number of ether oxygens (including phenoxy) is 3. The molecule has 0 fully saturated rings. The molecule has 0 saturated heterocycles. The van der Waals surface area contributed by atoms with E-state index in [4.69, 9.17) is 14.2 Å². The Morgan fingerprint density at radius 3 is 2.67 bits per heavy atom. The van der Waals surface area contributed by atoms with E-state index in [1.165, 1.54) is 0 Å². The van der Waals surface area contributed by atoms with E-state index in [1.807, 2.05) is 68.4 Å². The third-order valence-corrected chi connectivity index (χ3v) is 8.31. The van der Waals surface area contributed by atoms with Crippen LogP contribution in [0.1, 0.15) is 62.8 Å². The van der Waals surface area contributed by atoms with Crippen molar-refractivity contribution in [2.24, 2.45) is 5.92 Å². The maximum atomic E-state index is 13.5. The maximum absolute atomic E-state index is 13.5. The van der Waals surface area contributed by atoms with E-state index in [-0.39, 0.29) is 17.7 Å². The number of rotatable bonds is 11. The van der Waals surface area contributed by atoms with E-state index in [2.05, 4.69) is 45.3 Å². The average Bonchev–Trinajstić information content (AvgIpc) is 3.00. The van der Waals surface area contributed by atoms with Gasteiger partial charge in [-0.1, -0.05) is 37.1 Å². The SMILES string of the molecule is CCCC1=CC2=C(C(=O)C1)C(c1cc(Br)c(OCc3cccc(OCc4ccccn4)c3)c(OCC)c1)C(C#N)C(C)N2. The second kappa shape index (κ2) is 13.9. The topological polar surface area (TPSA) is 93.5 Å². The van der Waals surface area contributed by atoms with Crippen LogP contribution < -0.4 is 19.5 Å². The molecule has 7 nitrogen and oxygen atoms in total. The molecule has 2 aromatic carbocycles. The molecule has 43 heavy (non-hydrogen) atoms. The van der Waals surface area contributed by atoms with E-state index in [9.17, 15) is 10.1 Å². The zero-order valence-corrected chi connectivity index (χ0v) is 26.3. The van der Waals surface area contributed by atoms with Crippen molar-refractivity contribution in [1.29, 1.82) is 5.26 Å². The van der Waals surface area contributed by atoms with E-state index >= 15 is 0 Å². The highest BCUT2D eigenvalue weighted by molar-refractivity contribution is 9.10. The molecule has 1 aliphatic carbocycles. The molecule has 0 bridgehead atoms. The summed E-state index contributed by atoms with van der Waals surface area (Å²) in [5.41, 5.74) is 5.28. The molecule has 1 N–H and O–H groups in total. The van der Waals surface area contributed by atoms with Gasteiger partial charge in [0.2, 0.25) is 0 Å². The maximum Gasteiger partial charge on any atom is 0.175 e. The molecule has 1 aromatic heterocycles. The number of nitrogens with zero attached hydrogens (tertiary/aromatic N) is 2. The van der Waals surface area contributed by atoms with Crippen LogP contribution in [0, 0.1) is 17.2 Å². The highest BCUT2D eigenvalue weighted by Gasteiger charge is 2.41. The number of ketones is 1. The normalized spacial score (nSPS) is 19.6. The van der Waals surface area contributed by atoms with Crippen LogP contribution in [0.3, 0.4) is 0 Å². The average molecular weight is 643 g/mol. The predicted octanol–water partition coefficient (Wildman–Crippen LogP) is 7.57. The molecule has 8 heteroatoms. The van der Waals surface area contributed by atoms with Gasteiger partial charge in [0, 0.05) is 35.8 Å². The number of nitriles is 1. The van der Waals surface area contributed by atoms with Crippen LogP contribution in [0.4, 0.5) is 0 Å². The Morgan fingerprint density at radius 2 is 1.93 bits per heavy atom. The van der Waals surface area contributed by atoms with Crippen molar-refractivity contribution in [3.05, 3.63) is 105 Å². The van der Waals surface area contributed by atoms with E-state index in [1.54, 1.807) is 6.20 Å². The molecule has 0 amide bonds. The quantitative estimate of drug-likeness (QED) is 0.231. The van der Waals surface area contributed by atoms with Gasteiger partial charge in [-0.2, -0.15) is 5.26 Å². The Labute approximate surface area is 261 Å². The largest absolute Gasteiger partial charge is 0.490 e. The fourth-order valence-electron chi connectivity index (χ4n) is 5.78. The van der Waals surface area contributed by atoms with E-state index < -0.39 is 5.92 Å². The molecular formula is C35H36BrN3O4. The lowest BCUT2D eigenvalue weighted by atomic mass is 9.70. The summed E-state index contributed by atoms with van der Waals surface area (Å²) in [6.07, 6.45) is 6.12. The van der Waals surface area contributed by atoms with Crippen LogP contribution in [-0.2, 0) is 18.0 Å². The minimum atomic E-state index is -0.425. The van der Waals surface area contributed by atoms with Crippen molar-refractivity contribution >= 4 is 21.7 Å². The molecule has 3 atom stereocenters. The minimum Gasteiger partial charge on any atom is -0.490 e. The van der Waals surface area contributed by atoms with Crippen LogP contribution in [0.2, 0.25) is 0 Å². The summed E-state index contributed by atoms with van der Waals surface area (Å²) in [6.45, 7) is 7.14. The van der Waals surface area contributed by atoms with Crippen LogP contribution in [0.25, 0.3) is 0 Å². The molecule has 0 spiro atoms. The van der Waals surface area contributed by atoms with Crippen molar-refractivity contribution in [2.75, 3.05) is 6.61 Å². The second-order valence-electron chi connectivity index (χ2n) is 10.9. The lowest BCUT2D eigenvalue weighted by Gasteiger charge is -2.38. The third kappa shape index (κ3) is 6.94. The monoisotopic (exact) mass is 641 g/mol. The predicted molar refractivity (Wildman–Crippen MR) is 169 cm³/mol. The number of pyridine rings is 1. The van der Waals surface area contributed by atoms with Gasteiger partial charge >= 0.3 is 0 Å². The number of benzene rings is 2. The van der Waals surface area contributed by atoms with Crippen LogP contribution >= 0.6 is 15.9 Å². The molecule has 0 saturated carbocycles. The molecule has 222 valence electrons. The summed E-state index contributed by atoms with van der Waals surface area (Å²) in [7, 11) is 0. The van der Waals surface area contributed by atoms with E-state index in [0.717, 1.165) is 46.7 Å². The van der Waals surface area contributed by atoms with Gasteiger partial charge < -0.3 is 19.5 Å². The molecular weight excluding hydrogens is 606 g/mol. The summed E-state index contributed by atoms with van der Waals surface area (Å²) < 4.78 is 19.0. The van der Waals surface area contributed by atoms with Crippen molar-refractivity contribution in [3.8, 4) is 23.3 Å². The summed E-state index contributed by atoms with van der Waals surface area (Å²) in [5, 5.41) is 13.7. The Bertz CT molecular complexity index is 1580. The molecule has 5 rings (SSSR count). The number of nitrogens with one attached hydrogen (secondary N) is 1. The van der Waals surface area contributed by atoms with Gasteiger partial charge in [-0.15, -0.1) is 0 Å². The fraction of sp³-hybridized carbons (Fsp3) is 0.343. The Balaban J connectivity index is 1.41. The summed E-state index contributed by atoms with van der Waals surface area (Å²) in [6, 6.07) is 19.7. The molecule has 3 aromatic rings. The first kappa shape index (κ1) is 30.4. The number of carbonyl (C=O) groups is 1. The lowest BCUT2D eigenvalue weighted by molar-refractivity contribution is -0.115. The highest BCUT2D eigenvalue weighted by atomic mass is 79.9. The Hall–Kier alpha value is -4.09. The zero-order chi connectivity index (χ0) is 30.3. The first-order valence-electron chi connectivity index (χ1n) is 14.7. The molecule has 2 aliphatic rings. The zero-order valence-electron chi connectivity index (χ0n) is 24.7. The second-order valence-corrected chi connectivity index (χ2v) is 11.7. The molecule has 2 heterocycles. The minimum absolute atomic E-state index is 0.0742. The fourth-order valence-corrected chi connectivity index (χ4v) is 6.36. The van der Waals surface area contributed by atoms with Gasteiger partial charge in [0.05, 0.1) is 28.8 Å². The number of aromatic nitrogens is 1. The number of Topliss-reactive ketones (excluding diaryl/α,β-unsaturated/α-hetero) is 1. The van der Waals surface area contributed by atoms with Gasteiger partial charge in [0.15, 0.2) is 17.3 Å². The molecule has 1 aliphatic heterocycles. The van der Waals surface area contributed by atoms with Gasteiger partial charge in [-0.3, -0.25) is 9.78 Å². The lowest BCUT2D eigenvalue weighted by Crippen LogP contribution is -2.44. The van der Waals surface area contributed by atoms with Crippen molar-refractivity contribution < 1.29 is 19.0 Å².